The van der Waals surface area contributed by atoms with E-state index in [1.54, 1.807) is 0 Å². The van der Waals surface area contributed by atoms with Gasteiger partial charge in [0.2, 0.25) is 0 Å². The fraction of sp³-hybridized carbons (Fsp3) is 0.944. The molecule has 0 N–H and O–H groups in total. The van der Waals surface area contributed by atoms with Crippen LogP contribution in [0.4, 0.5) is 0 Å². The van der Waals surface area contributed by atoms with Crippen molar-refractivity contribution in [1.29, 1.82) is 0 Å². The molecule has 0 heterocycles. The second-order valence-electron chi connectivity index (χ2n) is 7.14. The van der Waals surface area contributed by atoms with Gasteiger partial charge in [0.15, 0.2) is 0 Å². The van der Waals surface area contributed by atoms with Gasteiger partial charge >= 0.3 is 5.97 Å². The molecule has 0 unspecified atom stereocenters. The Morgan fingerprint density at radius 2 is 1.40 bits per heavy atom. The monoisotopic (exact) mass is 282 g/mol. The molecule has 0 atom stereocenters. The first-order valence-corrected chi connectivity index (χ1v) is 8.69. The van der Waals surface area contributed by atoms with E-state index in [0.29, 0.717) is 0 Å². The topological polar surface area (TPSA) is 26.3 Å². The van der Waals surface area contributed by atoms with Crippen molar-refractivity contribution in [2.24, 2.45) is 5.41 Å². The Labute approximate surface area is 125 Å². The molecule has 2 nitrogen and oxygen atoms in total. The van der Waals surface area contributed by atoms with Gasteiger partial charge in [-0.15, -0.1) is 0 Å². The van der Waals surface area contributed by atoms with Crippen molar-refractivity contribution in [2.45, 2.75) is 104 Å². The van der Waals surface area contributed by atoms with Crippen LogP contribution in [0, 0.1) is 5.41 Å². The smallest absolute Gasteiger partial charge is 0.312 e. The van der Waals surface area contributed by atoms with Crippen molar-refractivity contribution in [3.05, 3.63) is 0 Å². The van der Waals surface area contributed by atoms with Crippen LogP contribution < -0.4 is 0 Å². The molecule has 118 valence electrons. The lowest BCUT2D eigenvalue weighted by molar-refractivity contribution is -0.173. The Hall–Kier alpha value is -0.530. The van der Waals surface area contributed by atoms with Crippen molar-refractivity contribution in [3.8, 4) is 0 Å². The number of esters is 1. The van der Waals surface area contributed by atoms with Gasteiger partial charge in [0.25, 0.3) is 0 Å². The van der Waals surface area contributed by atoms with E-state index in [1.807, 2.05) is 13.8 Å². The fourth-order valence-corrected chi connectivity index (χ4v) is 2.91. The van der Waals surface area contributed by atoms with E-state index in [4.69, 9.17) is 4.74 Å². The highest BCUT2D eigenvalue weighted by atomic mass is 16.6. The third kappa shape index (κ3) is 5.10. The molecule has 0 aliphatic heterocycles. The Kier molecular flexibility index (Phi) is 7.05. The van der Waals surface area contributed by atoms with E-state index in [2.05, 4.69) is 13.8 Å². The van der Waals surface area contributed by atoms with Gasteiger partial charge in [-0.2, -0.15) is 0 Å². The lowest BCUT2D eigenvalue weighted by Gasteiger charge is -2.36. The van der Waals surface area contributed by atoms with Crippen LogP contribution in [0.1, 0.15) is 98.3 Å². The third-order valence-electron chi connectivity index (χ3n) is 5.15. The van der Waals surface area contributed by atoms with E-state index in [1.165, 1.54) is 44.9 Å². The first kappa shape index (κ1) is 17.5. The maximum Gasteiger partial charge on any atom is 0.312 e. The van der Waals surface area contributed by atoms with Crippen LogP contribution in [0.15, 0.2) is 0 Å². The third-order valence-corrected chi connectivity index (χ3v) is 5.15. The zero-order chi connectivity index (χ0) is 15.1. The number of hydrogen-bond acceptors (Lipinski definition) is 2. The number of ether oxygens (including phenoxy) is 1. The molecule has 1 aliphatic carbocycles. The summed E-state index contributed by atoms with van der Waals surface area (Å²) in [7, 11) is 0. The minimum Gasteiger partial charge on any atom is -0.459 e. The van der Waals surface area contributed by atoms with E-state index in [0.717, 1.165) is 25.7 Å². The van der Waals surface area contributed by atoms with Crippen LogP contribution in [-0.2, 0) is 9.53 Å². The lowest BCUT2D eigenvalue weighted by Crippen LogP contribution is -2.39. The Morgan fingerprint density at radius 1 is 0.950 bits per heavy atom. The normalized spacial score (nSPS) is 21.2. The molecular weight excluding hydrogens is 248 g/mol. The zero-order valence-corrected chi connectivity index (χ0v) is 14.1. The molecule has 0 spiro atoms. The first-order valence-electron chi connectivity index (χ1n) is 8.69. The molecule has 0 aromatic heterocycles. The molecule has 0 amide bonds. The molecule has 1 aliphatic rings. The molecule has 0 saturated heterocycles. The second kappa shape index (κ2) is 8.05. The Balaban J connectivity index is 2.72. The average molecular weight is 282 g/mol. The second-order valence-corrected chi connectivity index (χ2v) is 7.14. The number of rotatable bonds is 4. The molecule has 1 saturated carbocycles. The van der Waals surface area contributed by atoms with Crippen molar-refractivity contribution < 1.29 is 9.53 Å². The van der Waals surface area contributed by atoms with E-state index in [9.17, 15) is 4.79 Å². The molecule has 0 bridgehead atoms. The van der Waals surface area contributed by atoms with Gasteiger partial charge in [0, 0.05) is 0 Å². The van der Waals surface area contributed by atoms with E-state index < -0.39 is 0 Å². The summed E-state index contributed by atoms with van der Waals surface area (Å²) < 4.78 is 6.08. The van der Waals surface area contributed by atoms with Crippen LogP contribution >= 0.6 is 0 Å². The Morgan fingerprint density at radius 3 is 1.80 bits per heavy atom. The van der Waals surface area contributed by atoms with Gasteiger partial charge in [-0.25, -0.2) is 0 Å². The average Bonchev–Trinajstić information content (AvgIpc) is 2.45. The molecule has 20 heavy (non-hydrogen) atoms. The molecule has 0 radical (unpaired) electrons. The highest BCUT2D eigenvalue weighted by molar-refractivity contribution is 5.76. The summed E-state index contributed by atoms with van der Waals surface area (Å²) >= 11 is 0. The standard InChI is InChI=1S/C18H34O2/c1-5-17(3,4)16(19)20-18(6-2)14-12-10-8-7-9-11-13-15-18/h5-15H2,1-4H3. The summed E-state index contributed by atoms with van der Waals surface area (Å²) in [6, 6.07) is 0. The Bertz CT molecular complexity index is 284. The molecule has 2 heteroatoms. The summed E-state index contributed by atoms with van der Waals surface area (Å²) in [5, 5.41) is 0. The number of carbonyl (C=O) groups excluding carboxylic acids is 1. The minimum absolute atomic E-state index is 0.00101. The van der Waals surface area contributed by atoms with Gasteiger partial charge in [-0.05, 0) is 52.4 Å². The molecular formula is C18H34O2. The fourth-order valence-electron chi connectivity index (χ4n) is 2.91. The summed E-state index contributed by atoms with van der Waals surface area (Å²) in [6.45, 7) is 8.24. The zero-order valence-electron chi connectivity index (χ0n) is 14.1. The van der Waals surface area contributed by atoms with Crippen LogP contribution in [0.5, 0.6) is 0 Å². The van der Waals surface area contributed by atoms with Gasteiger partial charge in [0.1, 0.15) is 5.60 Å². The first-order chi connectivity index (χ1) is 9.46. The molecule has 1 fully saturated rings. The summed E-state index contributed by atoms with van der Waals surface area (Å²) in [4.78, 5) is 12.5. The van der Waals surface area contributed by atoms with Gasteiger partial charge in [0.05, 0.1) is 5.41 Å². The molecule has 0 aromatic rings. The maximum atomic E-state index is 12.5. The SMILES string of the molecule is CCC1(OC(=O)C(C)(C)CC)CCCCCCCCC1. The van der Waals surface area contributed by atoms with Crippen LogP contribution in [0.2, 0.25) is 0 Å². The van der Waals surface area contributed by atoms with Crippen LogP contribution in [0.25, 0.3) is 0 Å². The van der Waals surface area contributed by atoms with Crippen molar-refractivity contribution in [3.63, 3.8) is 0 Å². The summed E-state index contributed by atoms with van der Waals surface area (Å²) in [6.07, 6.45) is 12.9. The van der Waals surface area contributed by atoms with E-state index >= 15 is 0 Å². The summed E-state index contributed by atoms with van der Waals surface area (Å²) in [5.41, 5.74) is -0.543. The molecule has 0 aromatic carbocycles. The highest BCUT2D eigenvalue weighted by Crippen LogP contribution is 2.34. The van der Waals surface area contributed by atoms with Crippen molar-refractivity contribution >= 4 is 5.97 Å². The quantitative estimate of drug-likeness (QED) is 0.624. The van der Waals surface area contributed by atoms with Crippen molar-refractivity contribution in [1.82, 2.24) is 0 Å². The van der Waals surface area contributed by atoms with E-state index in [-0.39, 0.29) is 17.0 Å². The minimum atomic E-state index is -0.350. The highest BCUT2D eigenvalue weighted by Gasteiger charge is 2.37. The van der Waals surface area contributed by atoms with Gasteiger partial charge < -0.3 is 4.74 Å². The lowest BCUT2D eigenvalue weighted by atomic mass is 9.84. The number of carbonyl (C=O) groups is 1. The summed E-state index contributed by atoms with van der Waals surface area (Å²) in [5.74, 6) is -0.00101. The van der Waals surface area contributed by atoms with Gasteiger partial charge in [-0.3, -0.25) is 4.79 Å². The largest absolute Gasteiger partial charge is 0.459 e. The van der Waals surface area contributed by atoms with Crippen LogP contribution in [0.3, 0.4) is 0 Å². The van der Waals surface area contributed by atoms with Crippen LogP contribution in [-0.4, -0.2) is 11.6 Å². The predicted molar refractivity (Wildman–Crippen MR) is 84.7 cm³/mol. The van der Waals surface area contributed by atoms with Crippen molar-refractivity contribution in [2.75, 3.05) is 0 Å². The molecule has 1 rings (SSSR count). The maximum absolute atomic E-state index is 12.5. The number of hydrogen-bond donors (Lipinski definition) is 0. The van der Waals surface area contributed by atoms with Gasteiger partial charge in [-0.1, -0.05) is 46.0 Å². The predicted octanol–water partition coefficient (Wildman–Crippen LogP) is 5.64.